The van der Waals surface area contributed by atoms with E-state index in [0.29, 0.717) is 23.2 Å². The van der Waals surface area contributed by atoms with E-state index in [1.807, 2.05) is 36.4 Å². The molecule has 1 unspecified atom stereocenters. The number of hydrogen-bond donors (Lipinski definition) is 3. The molecule has 0 aromatic heterocycles. The zero-order valence-corrected chi connectivity index (χ0v) is 17.3. The molecule has 1 fully saturated rings. The minimum atomic E-state index is -0.823. The molecule has 0 aliphatic heterocycles. The first-order chi connectivity index (χ1) is 13.9. The summed E-state index contributed by atoms with van der Waals surface area (Å²) in [5.41, 5.74) is 8.03. The van der Waals surface area contributed by atoms with E-state index >= 15 is 0 Å². The number of carbonyl (C=O) groups is 2. The predicted molar refractivity (Wildman–Crippen MR) is 117 cm³/mol. The Labute approximate surface area is 176 Å². The number of amides is 3. The zero-order valence-electron chi connectivity index (χ0n) is 16.5. The minimum Gasteiger partial charge on any atom is -0.370 e. The molecule has 2 aromatic rings. The van der Waals surface area contributed by atoms with E-state index in [4.69, 9.17) is 17.3 Å². The number of nitrogens with two attached hydrogens (primary N) is 1. The molecule has 0 radical (unpaired) electrons. The van der Waals surface area contributed by atoms with Crippen molar-refractivity contribution >= 4 is 34.9 Å². The van der Waals surface area contributed by atoms with Gasteiger partial charge in [-0.05, 0) is 42.7 Å². The average Bonchev–Trinajstić information content (AvgIpc) is 3.24. The number of para-hydroxylation sites is 2. The van der Waals surface area contributed by atoms with Gasteiger partial charge in [0.2, 0.25) is 5.91 Å². The van der Waals surface area contributed by atoms with Gasteiger partial charge in [0, 0.05) is 24.5 Å². The molecule has 4 N–H and O–H groups in total. The summed E-state index contributed by atoms with van der Waals surface area (Å²) in [4.78, 5) is 26.7. The Morgan fingerprint density at radius 3 is 2.45 bits per heavy atom. The third-order valence-electron chi connectivity index (χ3n) is 5.41. The van der Waals surface area contributed by atoms with Crippen LogP contribution in [0.1, 0.15) is 31.2 Å². The second kappa shape index (κ2) is 9.65. The van der Waals surface area contributed by atoms with Crippen LogP contribution < -0.4 is 21.3 Å². The van der Waals surface area contributed by atoms with Crippen molar-refractivity contribution in [1.82, 2.24) is 5.32 Å². The van der Waals surface area contributed by atoms with Crippen LogP contribution in [0, 0.1) is 0 Å². The molecule has 0 bridgehead atoms. The summed E-state index contributed by atoms with van der Waals surface area (Å²) in [7, 11) is 2.06. The van der Waals surface area contributed by atoms with Gasteiger partial charge in [0.15, 0.2) is 0 Å². The number of benzene rings is 2. The molecule has 154 valence electrons. The third-order valence-corrected chi connectivity index (χ3v) is 5.66. The molecule has 1 atom stereocenters. The SMILES string of the molecule is CN(c1ccccc1NC(=O)NC(Cc1ccc(Cl)cc1)C(N)=O)C1CCCC1. The summed E-state index contributed by atoms with van der Waals surface area (Å²) in [5, 5.41) is 6.17. The lowest BCUT2D eigenvalue weighted by molar-refractivity contribution is -0.119. The highest BCUT2D eigenvalue weighted by Gasteiger charge is 2.23. The third kappa shape index (κ3) is 5.64. The molecule has 29 heavy (non-hydrogen) atoms. The molecule has 7 heteroatoms. The molecule has 1 aliphatic rings. The summed E-state index contributed by atoms with van der Waals surface area (Å²) in [6, 6.07) is 14.0. The van der Waals surface area contributed by atoms with Crippen molar-refractivity contribution in [1.29, 1.82) is 0 Å². The summed E-state index contributed by atoms with van der Waals surface area (Å²) in [6.07, 6.45) is 5.07. The Balaban J connectivity index is 1.67. The first kappa shape index (κ1) is 21.0. The number of nitrogens with zero attached hydrogens (tertiary/aromatic N) is 1. The molecule has 3 rings (SSSR count). The van der Waals surface area contributed by atoms with Gasteiger partial charge in [-0.3, -0.25) is 4.79 Å². The lowest BCUT2D eigenvalue weighted by Gasteiger charge is -2.28. The van der Waals surface area contributed by atoms with Crippen LogP contribution in [-0.4, -0.2) is 31.1 Å². The minimum absolute atomic E-state index is 0.295. The smallest absolute Gasteiger partial charge is 0.319 e. The highest BCUT2D eigenvalue weighted by molar-refractivity contribution is 6.30. The lowest BCUT2D eigenvalue weighted by Crippen LogP contribution is -2.47. The number of anilines is 2. The normalized spacial score (nSPS) is 15.0. The van der Waals surface area contributed by atoms with Crippen LogP contribution in [0.15, 0.2) is 48.5 Å². The predicted octanol–water partition coefficient (Wildman–Crippen LogP) is 3.94. The zero-order chi connectivity index (χ0) is 20.8. The maximum atomic E-state index is 12.6. The van der Waals surface area contributed by atoms with E-state index in [9.17, 15) is 9.59 Å². The van der Waals surface area contributed by atoms with Gasteiger partial charge >= 0.3 is 6.03 Å². The number of halogens is 1. The summed E-state index contributed by atoms with van der Waals surface area (Å²) in [6.45, 7) is 0. The van der Waals surface area contributed by atoms with Crippen molar-refractivity contribution in [3.63, 3.8) is 0 Å². The second-order valence-electron chi connectivity index (χ2n) is 7.45. The van der Waals surface area contributed by atoms with Crippen molar-refractivity contribution in [2.45, 2.75) is 44.2 Å². The standard InChI is InChI=1S/C22H27ClN4O2/c1-27(17-6-2-3-7-17)20-9-5-4-8-18(20)25-22(29)26-19(21(24)28)14-15-10-12-16(23)13-11-15/h4-5,8-13,17,19H,2-3,6-7,14H2,1H3,(H2,24,28)(H2,25,26,29). The largest absolute Gasteiger partial charge is 0.370 e. The van der Waals surface area contributed by atoms with Gasteiger partial charge < -0.3 is 21.3 Å². The van der Waals surface area contributed by atoms with Crippen molar-refractivity contribution in [3.05, 3.63) is 59.1 Å². The lowest BCUT2D eigenvalue weighted by atomic mass is 10.1. The maximum absolute atomic E-state index is 12.6. The number of hydrogen-bond acceptors (Lipinski definition) is 3. The van der Waals surface area contributed by atoms with Crippen LogP contribution in [-0.2, 0) is 11.2 Å². The molecule has 3 amide bonds. The summed E-state index contributed by atoms with van der Waals surface area (Å²) < 4.78 is 0. The van der Waals surface area contributed by atoms with Gasteiger partial charge in [0.1, 0.15) is 6.04 Å². The maximum Gasteiger partial charge on any atom is 0.319 e. The molecule has 2 aromatic carbocycles. The Morgan fingerprint density at radius 2 is 1.79 bits per heavy atom. The van der Waals surface area contributed by atoms with Gasteiger partial charge in [0.25, 0.3) is 0 Å². The van der Waals surface area contributed by atoms with E-state index in [0.717, 1.165) is 24.1 Å². The number of rotatable bonds is 7. The molecule has 0 heterocycles. The second-order valence-corrected chi connectivity index (χ2v) is 7.89. The number of carbonyl (C=O) groups excluding carboxylic acids is 2. The number of urea groups is 1. The van der Waals surface area contributed by atoms with E-state index < -0.39 is 18.0 Å². The molecular formula is C22H27ClN4O2. The van der Waals surface area contributed by atoms with Gasteiger partial charge in [-0.1, -0.05) is 48.7 Å². The van der Waals surface area contributed by atoms with Crippen LogP contribution in [0.5, 0.6) is 0 Å². The van der Waals surface area contributed by atoms with E-state index in [2.05, 4.69) is 22.6 Å². The quantitative estimate of drug-likeness (QED) is 0.641. The Hall–Kier alpha value is -2.73. The van der Waals surface area contributed by atoms with Gasteiger partial charge in [0.05, 0.1) is 11.4 Å². The molecule has 0 saturated heterocycles. The van der Waals surface area contributed by atoms with Crippen LogP contribution in [0.3, 0.4) is 0 Å². The molecule has 1 aliphatic carbocycles. The Morgan fingerprint density at radius 1 is 1.14 bits per heavy atom. The summed E-state index contributed by atoms with van der Waals surface area (Å²) >= 11 is 5.90. The molecule has 1 saturated carbocycles. The van der Waals surface area contributed by atoms with Crippen molar-refractivity contribution in [2.24, 2.45) is 5.73 Å². The fraction of sp³-hybridized carbons (Fsp3) is 0.364. The summed E-state index contributed by atoms with van der Waals surface area (Å²) in [5.74, 6) is -0.591. The monoisotopic (exact) mass is 414 g/mol. The molecule has 0 spiro atoms. The first-order valence-electron chi connectivity index (χ1n) is 9.87. The van der Waals surface area contributed by atoms with Crippen molar-refractivity contribution < 1.29 is 9.59 Å². The van der Waals surface area contributed by atoms with Crippen LogP contribution in [0.4, 0.5) is 16.2 Å². The topological polar surface area (TPSA) is 87.5 Å². The van der Waals surface area contributed by atoms with Crippen LogP contribution in [0.25, 0.3) is 0 Å². The Kier molecular flexibility index (Phi) is 6.99. The number of primary amides is 1. The first-order valence-corrected chi connectivity index (χ1v) is 10.2. The fourth-order valence-electron chi connectivity index (χ4n) is 3.77. The Bertz CT molecular complexity index is 850. The molecular weight excluding hydrogens is 388 g/mol. The average molecular weight is 415 g/mol. The van der Waals surface area contributed by atoms with Crippen molar-refractivity contribution in [2.75, 3.05) is 17.3 Å². The molecule has 6 nitrogen and oxygen atoms in total. The van der Waals surface area contributed by atoms with Crippen LogP contribution in [0.2, 0.25) is 5.02 Å². The van der Waals surface area contributed by atoms with E-state index in [-0.39, 0.29) is 0 Å². The van der Waals surface area contributed by atoms with Gasteiger partial charge in [-0.15, -0.1) is 0 Å². The van der Waals surface area contributed by atoms with E-state index in [1.165, 1.54) is 12.8 Å². The van der Waals surface area contributed by atoms with E-state index in [1.54, 1.807) is 12.1 Å². The number of nitrogens with one attached hydrogen (secondary N) is 2. The fourth-order valence-corrected chi connectivity index (χ4v) is 3.90. The highest BCUT2D eigenvalue weighted by atomic mass is 35.5. The highest BCUT2D eigenvalue weighted by Crippen LogP contribution is 2.31. The van der Waals surface area contributed by atoms with Crippen molar-refractivity contribution in [3.8, 4) is 0 Å². The van der Waals surface area contributed by atoms with Gasteiger partial charge in [-0.25, -0.2) is 4.79 Å². The van der Waals surface area contributed by atoms with Gasteiger partial charge in [-0.2, -0.15) is 0 Å². The van der Waals surface area contributed by atoms with Crippen LogP contribution >= 0.6 is 11.6 Å².